The highest BCUT2D eigenvalue weighted by molar-refractivity contribution is 6.87. The number of para-hydroxylation sites is 1. The second-order valence-electron chi connectivity index (χ2n) is 13.8. The van der Waals surface area contributed by atoms with Crippen LogP contribution in [0.2, 0.25) is 0 Å². The summed E-state index contributed by atoms with van der Waals surface area (Å²) in [6.45, 7) is 13.6. The molecule has 6 aromatic rings. The van der Waals surface area contributed by atoms with Gasteiger partial charge in [-0.15, -0.1) is 0 Å². The van der Waals surface area contributed by atoms with Crippen LogP contribution in [-0.2, 0) is 10.8 Å². The third-order valence-corrected chi connectivity index (χ3v) is 9.02. The maximum atomic E-state index is 6.97. The Morgan fingerprint density at radius 1 is 0.643 bits per heavy atom. The van der Waals surface area contributed by atoms with E-state index in [2.05, 4.69) is 137 Å². The normalized spacial score (nSPS) is 14.0. The van der Waals surface area contributed by atoms with Gasteiger partial charge >= 0.3 is 6.92 Å². The number of hydrogen-bond donors (Lipinski definition) is 0. The molecule has 0 fully saturated rings. The summed E-state index contributed by atoms with van der Waals surface area (Å²) in [4.78, 5) is 2.48. The van der Waals surface area contributed by atoms with Gasteiger partial charge in [-0.25, -0.2) is 0 Å². The van der Waals surface area contributed by atoms with Gasteiger partial charge in [-0.05, 0) is 69.1 Å². The summed E-state index contributed by atoms with van der Waals surface area (Å²) >= 11 is 0. The number of anilines is 3. The lowest BCUT2D eigenvalue weighted by atomic mass is 9.48. The van der Waals surface area contributed by atoms with E-state index in [0.29, 0.717) is 0 Å². The van der Waals surface area contributed by atoms with Gasteiger partial charge in [0.05, 0.1) is 6.26 Å². The highest BCUT2D eigenvalue weighted by Crippen LogP contribution is 2.47. The van der Waals surface area contributed by atoms with Crippen LogP contribution in [0.4, 0.5) is 17.1 Å². The summed E-state index contributed by atoms with van der Waals surface area (Å²) in [6.07, 6.45) is 1.81. The minimum atomic E-state index is -0.260. The molecular weight excluding hydrogens is 513 g/mol. The van der Waals surface area contributed by atoms with Crippen molar-refractivity contribution in [2.75, 3.05) is 4.90 Å². The zero-order valence-corrected chi connectivity index (χ0v) is 25.1. The molecule has 0 saturated carbocycles. The Morgan fingerprint density at radius 3 is 2.12 bits per heavy atom. The molecule has 2 aliphatic heterocycles. The smallest absolute Gasteiger partial charge is 0.432 e. The van der Waals surface area contributed by atoms with Gasteiger partial charge in [0.1, 0.15) is 11.3 Å². The van der Waals surface area contributed by atoms with Crippen LogP contribution in [0.3, 0.4) is 0 Å². The van der Waals surface area contributed by atoms with Crippen molar-refractivity contribution in [1.29, 1.82) is 0 Å². The summed E-state index contributed by atoms with van der Waals surface area (Å²) in [5.74, 6) is 0.891. The lowest BCUT2D eigenvalue weighted by Crippen LogP contribution is -2.56. The fourth-order valence-corrected chi connectivity index (χ4v) is 6.76. The van der Waals surface area contributed by atoms with Crippen molar-refractivity contribution in [1.82, 2.24) is 0 Å². The van der Waals surface area contributed by atoms with Gasteiger partial charge < -0.3 is 14.0 Å². The number of fused-ring (bicyclic) bond motifs is 8. The Morgan fingerprint density at radius 2 is 1.36 bits per heavy atom. The molecule has 2 aliphatic rings. The third-order valence-electron chi connectivity index (χ3n) is 9.02. The monoisotopic (exact) mass is 547 g/mol. The first-order valence-electron chi connectivity index (χ1n) is 14.9. The Hall–Kier alpha value is -4.44. The number of hydrogen-bond acceptors (Lipinski definition) is 3. The fourth-order valence-electron chi connectivity index (χ4n) is 6.76. The zero-order chi connectivity index (χ0) is 29.0. The maximum absolute atomic E-state index is 6.97. The van der Waals surface area contributed by atoms with Gasteiger partial charge in [0.25, 0.3) is 0 Å². The molecular formula is C38H34BNO2. The van der Waals surface area contributed by atoms with Crippen molar-refractivity contribution in [3.8, 4) is 16.9 Å². The van der Waals surface area contributed by atoms with Crippen molar-refractivity contribution < 1.29 is 9.07 Å². The van der Waals surface area contributed by atoms with Crippen LogP contribution in [0.5, 0.6) is 5.75 Å². The lowest BCUT2D eigenvalue weighted by molar-refractivity contribution is 0.568. The molecule has 0 unspecified atom stereocenters. The summed E-state index contributed by atoms with van der Waals surface area (Å²) in [5, 5.41) is 3.52. The van der Waals surface area contributed by atoms with E-state index in [1.165, 1.54) is 38.5 Å². The predicted molar refractivity (Wildman–Crippen MR) is 177 cm³/mol. The van der Waals surface area contributed by atoms with Gasteiger partial charge in [-0.2, -0.15) is 0 Å². The fraction of sp³-hybridized carbons (Fsp3) is 0.211. The van der Waals surface area contributed by atoms with Crippen LogP contribution in [0.1, 0.15) is 52.7 Å². The lowest BCUT2D eigenvalue weighted by Gasteiger charge is -2.41. The van der Waals surface area contributed by atoms with E-state index in [4.69, 9.17) is 9.07 Å². The topological polar surface area (TPSA) is 25.6 Å². The maximum Gasteiger partial charge on any atom is 0.432 e. The largest absolute Gasteiger partial charge is 0.551 e. The molecule has 0 bridgehead atoms. The second kappa shape index (κ2) is 8.55. The van der Waals surface area contributed by atoms with Crippen LogP contribution in [0.25, 0.3) is 32.9 Å². The van der Waals surface area contributed by atoms with Gasteiger partial charge in [0.2, 0.25) is 0 Å². The molecule has 42 heavy (non-hydrogen) atoms. The van der Waals surface area contributed by atoms with Crippen molar-refractivity contribution in [3.63, 3.8) is 0 Å². The van der Waals surface area contributed by atoms with Gasteiger partial charge in [0, 0.05) is 44.5 Å². The molecule has 206 valence electrons. The Labute approximate surface area is 247 Å². The van der Waals surface area contributed by atoms with Crippen molar-refractivity contribution in [2.24, 2.45) is 0 Å². The molecule has 0 N–H and O–H groups in total. The molecule has 4 heteroatoms. The van der Waals surface area contributed by atoms with Crippen LogP contribution < -0.4 is 20.5 Å². The third kappa shape index (κ3) is 3.61. The minimum absolute atomic E-state index is 0.00343. The first-order chi connectivity index (χ1) is 20.1. The minimum Gasteiger partial charge on any atom is -0.551 e. The number of nitrogens with zero attached hydrogens (tertiary/aromatic N) is 1. The molecule has 0 atom stereocenters. The summed E-state index contributed by atoms with van der Waals surface area (Å²) in [5.41, 5.74) is 11.6. The van der Waals surface area contributed by atoms with E-state index < -0.39 is 0 Å². The Bertz CT molecular complexity index is 2020. The van der Waals surface area contributed by atoms with E-state index >= 15 is 0 Å². The average Bonchev–Trinajstić information content (AvgIpc) is 3.44. The summed E-state index contributed by atoms with van der Waals surface area (Å²) in [6, 6.07) is 33.1. The standard InChI is InChI=1S/C38H34BNO2/c1-37(2,3)25-20-26(38(4,5)6)22-27(21-25)40-30-16-15-23-11-7-8-12-28(23)34(30)39-35-31(40)19-24-17-18-41-36(24)33(35)29-13-9-10-14-32(29)42-39/h7-22H,1-6H3. The number of rotatable bonds is 1. The Balaban J connectivity index is 1.54. The SMILES string of the molecule is CC(C)(C)c1cc(N2c3cc4ccoc4c4c3B(Oc3ccccc3-4)c3c2ccc2ccccc32)cc(C(C)(C)C)c1. The predicted octanol–water partition coefficient (Wildman–Crippen LogP) is 9.13. The molecule has 3 heterocycles. The highest BCUT2D eigenvalue weighted by atomic mass is 16.4. The molecule has 3 nitrogen and oxygen atoms in total. The van der Waals surface area contributed by atoms with Crippen LogP contribution in [0, 0.1) is 0 Å². The number of furan rings is 1. The van der Waals surface area contributed by atoms with E-state index in [0.717, 1.165) is 39.2 Å². The second-order valence-corrected chi connectivity index (χ2v) is 13.8. The molecule has 1 aromatic heterocycles. The molecule has 8 rings (SSSR count). The van der Waals surface area contributed by atoms with Gasteiger partial charge in [-0.1, -0.05) is 96.1 Å². The molecule has 0 radical (unpaired) electrons. The molecule has 5 aromatic carbocycles. The Kier molecular flexibility index (Phi) is 5.15. The first-order valence-corrected chi connectivity index (χ1v) is 14.9. The molecule has 0 saturated heterocycles. The van der Waals surface area contributed by atoms with Crippen LogP contribution in [-0.4, -0.2) is 6.92 Å². The summed E-state index contributed by atoms with van der Waals surface area (Å²) < 4.78 is 13.2. The van der Waals surface area contributed by atoms with Crippen LogP contribution in [0.15, 0.2) is 102 Å². The van der Waals surface area contributed by atoms with E-state index in [1.54, 1.807) is 0 Å². The average molecular weight is 548 g/mol. The quantitative estimate of drug-likeness (QED) is 0.192. The van der Waals surface area contributed by atoms with Gasteiger partial charge in [-0.3, -0.25) is 0 Å². The van der Waals surface area contributed by atoms with E-state index in [9.17, 15) is 0 Å². The van der Waals surface area contributed by atoms with Gasteiger partial charge in [0.15, 0.2) is 0 Å². The van der Waals surface area contributed by atoms with Crippen molar-refractivity contribution >= 4 is 56.6 Å². The highest BCUT2D eigenvalue weighted by Gasteiger charge is 2.45. The van der Waals surface area contributed by atoms with Crippen molar-refractivity contribution in [2.45, 2.75) is 52.4 Å². The molecule has 0 spiro atoms. The summed E-state index contributed by atoms with van der Waals surface area (Å²) in [7, 11) is 0. The first kappa shape index (κ1) is 25.3. The van der Waals surface area contributed by atoms with Crippen LogP contribution >= 0.6 is 0 Å². The zero-order valence-electron chi connectivity index (χ0n) is 25.1. The van der Waals surface area contributed by atoms with E-state index in [1.807, 2.05) is 6.26 Å². The van der Waals surface area contributed by atoms with E-state index in [-0.39, 0.29) is 17.7 Å². The molecule has 0 aliphatic carbocycles. The molecule has 0 amide bonds. The van der Waals surface area contributed by atoms with Crippen molar-refractivity contribution in [3.05, 3.63) is 108 Å². The number of benzene rings is 5.